The lowest BCUT2D eigenvalue weighted by atomic mass is 10.1. The maximum Gasteiger partial charge on any atom is 0.216 e. The molecule has 4 nitrogen and oxygen atoms in total. The van der Waals surface area contributed by atoms with Gasteiger partial charge in [0, 0.05) is 72.3 Å². The molecule has 0 fully saturated rings. The highest BCUT2D eigenvalue weighted by Crippen LogP contribution is 2.35. The second kappa shape index (κ2) is 7.78. The maximum absolute atomic E-state index is 13.7. The molecule has 6 heteroatoms. The normalized spacial score (nSPS) is 13.2. The van der Waals surface area contributed by atoms with E-state index in [0.29, 0.717) is 10.6 Å². The lowest BCUT2D eigenvalue weighted by Crippen LogP contribution is -2.12. The minimum atomic E-state index is -3.21. The standard InChI is InChI=1S/C24H24N2O2S2/c1-25(2)21-13-5-11-19-17(21)9-7-15-23(19)28-30(27,29)24-16-8-10-18-20(24)12-6-14-22(18)26(3)4/h5-16H,1-4H3. The van der Waals surface area contributed by atoms with Crippen LogP contribution < -0.4 is 14.0 Å². The van der Waals surface area contributed by atoms with Crippen LogP contribution >= 0.6 is 0 Å². The van der Waals surface area contributed by atoms with Crippen LogP contribution in [-0.2, 0) is 20.0 Å². The summed E-state index contributed by atoms with van der Waals surface area (Å²) in [5.74, 6) is 0.525. The first-order valence-corrected chi connectivity index (χ1v) is 12.0. The first-order chi connectivity index (χ1) is 14.3. The zero-order valence-corrected chi connectivity index (χ0v) is 19.1. The second-order valence-electron chi connectivity index (χ2n) is 7.58. The molecule has 0 radical (unpaired) electrons. The van der Waals surface area contributed by atoms with Crippen molar-refractivity contribution in [1.82, 2.24) is 0 Å². The van der Waals surface area contributed by atoms with E-state index in [1.807, 2.05) is 105 Å². The van der Waals surface area contributed by atoms with Gasteiger partial charge in [-0.05, 0) is 24.3 Å². The first-order valence-electron chi connectivity index (χ1n) is 9.62. The van der Waals surface area contributed by atoms with E-state index in [2.05, 4.69) is 0 Å². The highest BCUT2D eigenvalue weighted by atomic mass is 32.8. The lowest BCUT2D eigenvalue weighted by Gasteiger charge is -2.19. The summed E-state index contributed by atoms with van der Waals surface area (Å²) >= 11 is 5.56. The Morgan fingerprint density at radius 2 is 1.13 bits per heavy atom. The number of rotatable bonds is 5. The Morgan fingerprint density at radius 1 is 0.667 bits per heavy atom. The Hall–Kier alpha value is -2.83. The van der Waals surface area contributed by atoms with Crippen molar-refractivity contribution < 1.29 is 8.39 Å². The van der Waals surface area contributed by atoms with Crippen LogP contribution in [0.25, 0.3) is 21.5 Å². The van der Waals surface area contributed by atoms with Gasteiger partial charge in [-0.3, -0.25) is 0 Å². The zero-order valence-electron chi connectivity index (χ0n) is 17.5. The molecule has 4 rings (SSSR count). The summed E-state index contributed by atoms with van der Waals surface area (Å²) < 4.78 is 19.7. The first kappa shape index (κ1) is 20.4. The van der Waals surface area contributed by atoms with Gasteiger partial charge in [0.1, 0.15) is 5.75 Å². The number of anilines is 2. The molecule has 0 heterocycles. The lowest BCUT2D eigenvalue weighted by molar-refractivity contribution is 0.564. The average molecular weight is 437 g/mol. The van der Waals surface area contributed by atoms with Crippen LogP contribution in [-0.4, -0.2) is 32.4 Å². The predicted octanol–water partition coefficient (Wildman–Crippen LogP) is 5.22. The van der Waals surface area contributed by atoms with Gasteiger partial charge >= 0.3 is 0 Å². The molecule has 154 valence electrons. The number of benzene rings is 4. The summed E-state index contributed by atoms with van der Waals surface area (Å²) in [6.45, 7) is 0. The number of nitrogens with zero attached hydrogens (tertiary/aromatic N) is 2. The quantitative estimate of drug-likeness (QED) is 0.428. The van der Waals surface area contributed by atoms with Gasteiger partial charge in [-0.1, -0.05) is 48.5 Å². The molecular weight excluding hydrogens is 412 g/mol. The van der Waals surface area contributed by atoms with E-state index in [1.165, 1.54) is 0 Å². The van der Waals surface area contributed by atoms with E-state index in [4.69, 9.17) is 15.4 Å². The van der Waals surface area contributed by atoms with Crippen molar-refractivity contribution in [3.05, 3.63) is 72.8 Å². The Labute approximate surface area is 182 Å². The largest absolute Gasteiger partial charge is 0.397 e. The monoisotopic (exact) mass is 436 g/mol. The SMILES string of the molecule is CN(C)c1cccc2c(OS(=O)(=S)c3cccc4c(N(C)C)cccc34)cccc12. The van der Waals surface area contributed by atoms with Gasteiger partial charge in [0.05, 0.1) is 4.90 Å². The van der Waals surface area contributed by atoms with Crippen LogP contribution in [0.15, 0.2) is 77.7 Å². The number of hydrogen-bond donors (Lipinski definition) is 0. The second-order valence-corrected chi connectivity index (χ2v) is 10.4. The Morgan fingerprint density at radius 3 is 1.73 bits per heavy atom. The molecule has 0 bridgehead atoms. The fourth-order valence-corrected chi connectivity index (χ4v) is 5.58. The third-order valence-corrected chi connectivity index (χ3v) is 7.19. The zero-order chi connectivity index (χ0) is 21.5. The van der Waals surface area contributed by atoms with Crippen molar-refractivity contribution in [3.63, 3.8) is 0 Å². The van der Waals surface area contributed by atoms with E-state index < -0.39 is 8.77 Å². The molecule has 0 aliphatic rings. The minimum Gasteiger partial charge on any atom is -0.397 e. The van der Waals surface area contributed by atoms with Crippen LogP contribution in [0.2, 0.25) is 0 Å². The molecule has 0 N–H and O–H groups in total. The summed E-state index contributed by atoms with van der Waals surface area (Å²) in [7, 11) is 4.76. The van der Waals surface area contributed by atoms with Crippen LogP contribution in [0.1, 0.15) is 0 Å². The molecule has 0 aromatic heterocycles. The molecule has 1 unspecified atom stereocenters. The van der Waals surface area contributed by atoms with Crippen LogP contribution in [0.4, 0.5) is 11.4 Å². The fourth-order valence-electron chi connectivity index (χ4n) is 3.76. The van der Waals surface area contributed by atoms with Crippen LogP contribution in [0, 0.1) is 0 Å². The molecule has 4 aromatic carbocycles. The van der Waals surface area contributed by atoms with Crippen molar-refractivity contribution in [3.8, 4) is 5.75 Å². The van der Waals surface area contributed by atoms with E-state index in [0.717, 1.165) is 32.9 Å². The third kappa shape index (κ3) is 3.57. The summed E-state index contributed by atoms with van der Waals surface area (Å²) in [4.78, 5) is 4.61. The molecule has 0 amide bonds. The van der Waals surface area contributed by atoms with Gasteiger partial charge < -0.3 is 14.0 Å². The molecule has 1 atom stereocenters. The van der Waals surface area contributed by atoms with E-state index >= 15 is 0 Å². The van der Waals surface area contributed by atoms with E-state index in [-0.39, 0.29) is 0 Å². The van der Waals surface area contributed by atoms with Gasteiger partial charge in [-0.25, -0.2) is 4.21 Å². The topological polar surface area (TPSA) is 32.8 Å². The van der Waals surface area contributed by atoms with Crippen LogP contribution in [0.3, 0.4) is 0 Å². The molecule has 0 spiro atoms. The molecule has 0 saturated heterocycles. The summed E-state index contributed by atoms with van der Waals surface area (Å²) in [6, 6.07) is 23.4. The fraction of sp³-hybridized carbons (Fsp3) is 0.167. The minimum absolute atomic E-state index is 0.525. The van der Waals surface area contributed by atoms with Gasteiger partial charge in [0.2, 0.25) is 8.77 Å². The molecule has 4 aromatic rings. The average Bonchev–Trinajstić information content (AvgIpc) is 2.72. The van der Waals surface area contributed by atoms with Gasteiger partial charge in [-0.15, -0.1) is 0 Å². The van der Waals surface area contributed by atoms with Crippen molar-refractivity contribution >= 4 is 52.9 Å². The maximum atomic E-state index is 13.7. The molecular formula is C24H24N2O2S2. The smallest absolute Gasteiger partial charge is 0.216 e. The highest BCUT2D eigenvalue weighted by Gasteiger charge is 2.19. The number of hydrogen-bond acceptors (Lipinski definition) is 5. The summed E-state index contributed by atoms with van der Waals surface area (Å²) in [6.07, 6.45) is 0. The molecule has 0 aliphatic carbocycles. The van der Waals surface area contributed by atoms with Crippen LogP contribution in [0.5, 0.6) is 5.75 Å². The summed E-state index contributed by atoms with van der Waals surface area (Å²) in [5, 5.41) is 3.75. The van der Waals surface area contributed by atoms with Crippen molar-refractivity contribution in [2.24, 2.45) is 0 Å². The number of fused-ring (bicyclic) bond motifs is 2. The van der Waals surface area contributed by atoms with Crippen molar-refractivity contribution in [1.29, 1.82) is 0 Å². The van der Waals surface area contributed by atoms with Gasteiger partial charge in [0.15, 0.2) is 0 Å². The third-order valence-electron chi connectivity index (χ3n) is 5.15. The molecule has 30 heavy (non-hydrogen) atoms. The van der Waals surface area contributed by atoms with E-state index in [9.17, 15) is 4.21 Å². The van der Waals surface area contributed by atoms with E-state index in [1.54, 1.807) is 6.07 Å². The van der Waals surface area contributed by atoms with Gasteiger partial charge in [-0.2, -0.15) is 0 Å². The van der Waals surface area contributed by atoms with Crippen molar-refractivity contribution in [2.45, 2.75) is 4.90 Å². The van der Waals surface area contributed by atoms with Crippen molar-refractivity contribution in [2.75, 3.05) is 38.0 Å². The molecule has 0 saturated carbocycles. The Bertz CT molecular complexity index is 1350. The highest BCUT2D eigenvalue weighted by molar-refractivity contribution is 8.30. The summed E-state index contributed by atoms with van der Waals surface area (Å²) in [5.41, 5.74) is 2.11. The predicted molar refractivity (Wildman–Crippen MR) is 131 cm³/mol. The molecule has 0 aliphatic heterocycles. The van der Waals surface area contributed by atoms with Gasteiger partial charge in [0.25, 0.3) is 0 Å². The Balaban J connectivity index is 1.86. The Kier molecular flexibility index (Phi) is 5.30.